The first-order valence-corrected chi connectivity index (χ1v) is 11.9. The highest BCUT2D eigenvalue weighted by atomic mass is 16.7. The van der Waals surface area contributed by atoms with Crippen LogP contribution >= 0.6 is 0 Å². The summed E-state index contributed by atoms with van der Waals surface area (Å²) in [6.07, 6.45) is 10.0. The fraction of sp³-hybridized carbons (Fsp3) is 0.667. The second-order valence-corrected chi connectivity index (χ2v) is 11.2. The zero-order valence-electron chi connectivity index (χ0n) is 20.2. The van der Waals surface area contributed by atoms with Crippen LogP contribution in [0.3, 0.4) is 0 Å². The molecule has 0 bridgehead atoms. The SMILES string of the molecule is CC[C@]1(C)CCC[C@]2(C)/C(=C/c3cc4c(c(C=O)c3O)OC(C)(C)O4)[C@H](C)CC[C@@]12C. The molecule has 2 fully saturated rings. The van der Waals surface area contributed by atoms with E-state index in [1.165, 1.54) is 31.3 Å². The van der Waals surface area contributed by atoms with Gasteiger partial charge in [0, 0.05) is 19.4 Å². The Hall–Kier alpha value is -1.97. The number of rotatable bonds is 3. The molecule has 1 aliphatic heterocycles. The summed E-state index contributed by atoms with van der Waals surface area (Å²) >= 11 is 0. The van der Waals surface area contributed by atoms with E-state index in [1.807, 2.05) is 6.07 Å². The Morgan fingerprint density at radius 3 is 2.48 bits per heavy atom. The van der Waals surface area contributed by atoms with Crippen molar-refractivity contribution in [1.82, 2.24) is 0 Å². The molecule has 2 saturated carbocycles. The first-order chi connectivity index (χ1) is 14.4. The number of phenolic OH excluding ortho intramolecular Hbond substituents is 1. The lowest BCUT2D eigenvalue weighted by Gasteiger charge is -2.65. The van der Waals surface area contributed by atoms with Crippen molar-refractivity contribution in [3.8, 4) is 17.2 Å². The van der Waals surface area contributed by atoms with Gasteiger partial charge in [-0.05, 0) is 53.9 Å². The van der Waals surface area contributed by atoms with Crippen molar-refractivity contribution in [2.75, 3.05) is 0 Å². The Balaban J connectivity index is 1.88. The van der Waals surface area contributed by atoms with Crippen LogP contribution in [0.1, 0.15) is 103 Å². The lowest BCUT2D eigenvalue weighted by atomic mass is 9.40. The maximum atomic E-state index is 11.9. The summed E-state index contributed by atoms with van der Waals surface area (Å²) in [6, 6.07) is 1.84. The molecule has 1 aromatic carbocycles. The minimum Gasteiger partial charge on any atom is -0.506 e. The molecule has 1 aromatic rings. The van der Waals surface area contributed by atoms with E-state index >= 15 is 0 Å². The summed E-state index contributed by atoms with van der Waals surface area (Å²) in [5.41, 5.74) is 2.77. The Morgan fingerprint density at radius 1 is 1.13 bits per heavy atom. The third-order valence-corrected chi connectivity index (χ3v) is 9.40. The molecule has 0 aromatic heterocycles. The van der Waals surface area contributed by atoms with Crippen molar-refractivity contribution in [2.45, 2.75) is 92.8 Å². The van der Waals surface area contributed by atoms with Crippen LogP contribution in [0.2, 0.25) is 0 Å². The van der Waals surface area contributed by atoms with E-state index in [4.69, 9.17) is 9.47 Å². The molecule has 0 spiro atoms. The predicted octanol–water partition coefficient (Wildman–Crippen LogP) is 7.14. The van der Waals surface area contributed by atoms with Crippen molar-refractivity contribution in [3.63, 3.8) is 0 Å². The quantitative estimate of drug-likeness (QED) is 0.522. The Labute approximate surface area is 187 Å². The van der Waals surface area contributed by atoms with E-state index in [2.05, 4.69) is 40.7 Å². The summed E-state index contributed by atoms with van der Waals surface area (Å²) in [5, 5.41) is 11.0. The molecule has 0 radical (unpaired) electrons. The fourth-order valence-corrected chi connectivity index (χ4v) is 6.93. The summed E-state index contributed by atoms with van der Waals surface area (Å²) in [7, 11) is 0. The monoisotopic (exact) mass is 426 g/mol. The Morgan fingerprint density at radius 2 is 1.84 bits per heavy atom. The maximum absolute atomic E-state index is 11.9. The van der Waals surface area contributed by atoms with E-state index in [0.29, 0.717) is 34.7 Å². The topological polar surface area (TPSA) is 55.8 Å². The van der Waals surface area contributed by atoms with Crippen LogP contribution in [-0.4, -0.2) is 17.2 Å². The zero-order valence-corrected chi connectivity index (χ0v) is 20.2. The zero-order chi connectivity index (χ0) is 22.8. The summed E-state index contributed by atoms with van der Waals surface area (Å²) in [4.78, 5) is 11.9. The second-order valence-electron chi connectivity index (χ2n) is 11.2. The van der Waals surface area contributed by atoms with E-state index in [-0.39, 0.29) is 22.1 Å². The predicted molar refractivity (Wildman–Crippen MR) is 124 cm³/mol. The molecule has 3 aliphatic rings. The van der Waals surface area contributed by atoms with Crippen molar-refractivity contribution >= 4 is 12.4 Å². The molecule has 4 atom stereocenters. The molecular formula is C27H38O4. The number of carbonyl (C=O) groups excluding carboxylic acids is 1. The van der Waals surface area contributed by atoms with E-state index in [9.17, 15) is 9.90 Å². The van der Waals surface area contributed by atoms with Gasteiger partial charge in [0.05, 0.1) is 0 Å². The van der Waals surface area contributed by atoms with Crippen LogP contribution in [0, 0.1) is 22.2 Å². The normalized spacial score (nSPS) is 37.5. The van der Waals surface area contributed by atoms with Gasteiger partial charge >= 0.3 is 0 Å². The number of ether oxygens (including phenoxy) is 2. The molecule has 4 heteroatoms. The van der Waals surface area contributed by atoms with E-state index < -0.39 is 5.79 Å². The number of aldehydes is 1. The number of benzene rings is 1. The molecule has 4 rings (SSSR count). The van der Waals surface area contributed by atoms with Gasteiger partial charge in [0.1, 0.15) is 11.3 Å². The van der Waals surface area contributed by atoms with Gasteiger partial charge in [-0.25, -0.2) is 0 Å². The lowest BCUT2D eigenvalue weighted by molar-refractivity contribution is -0.109. The fourth-order valence-electron chi connectivity index (χ4n) is 6.93. The number of hydrogen-bond donors (Lipinski definition) is 1. The van der Waals surface area contributed by atoms with Crippen molar-refractivity contribution in [2.24, 2.45) is 22.2 Å². The van der Waals surface area contributed by atoms with Gasteiger partial charge in [-0.3, -0.25) is 4.79 Å². The molecule has 4 nitrogen and oxygen atoms in total. The van der Waals surface area contributed by atoms with E-state index in [1.54, 1.807) is 13.8 Å². The number of allylic oxidation sites excluding steroid dienone is 1. The van der Waals surface area contributed by atoms with Gasteiger partial charge in [-0.2, -0.15) is 0 Å². The molecule has 0 unspecified atom stereocenters. The van der Waals surface area contributed by atoms with Crippen molar-refractivity contribution < 1.29 is 19.4 Å². The summed E-state index contributed by atoms with van der Waals surface area (Å²) < 4.78 is 11.7. The molecule has 2 aliphatic carbocycles. The highest BCUT2D eigenvalue weighted by Gasteiger charge is 2.60. The molecule has 0 amide bonds. The van der Waals surface area contributed by atoms with Gasteiger partial charge < -0.3 is 14.6 Å². The van der Waals surface area contributed by atoms with Gasteiger partial charge in [-0.15, -0.1) is 0 Å². The molecular weight excluding hydrogens is 388 g/mol. The minimum atomic E-state index is -0.854. The number of aromatic hydroxyl groups is 1. The first kappa shape index (κ1) is 22.2. The van der Waals surface area contributed by atoms with Gasteiger partial charge in [0.2, 0.25) is 5.79 Å². The van der Waals surface area contributed by atoms with Crippen LogP contribution in [0.15, 0.2) is 11.6 Å². The smallest absolute Gasteiger partial charge is 0.246 e. The van der Waals surface area contributed by atoms with Gasteiger partial charge in [-0.1, -0.05) is 59.1 Å². The van der Waals surface area contributed by atoms with Crippen LogP contribution in [0.25, 0.3) is 6.08 Å². The van der Waals surface area contributed by atoms with Crippen LogP contribution in [-0.2, 0) is 0 Å². The molecule has 170 valence electrons. The second kappa shape index (κ2) is 7.02. The number of phenols is 1. The first-order valence-electron chi connectivity index (χ1n) is 11.9. The van der Waals surface area contributed by atoms with Crippen LogP contribution in [0.5, 0.6) is 17.2 Å². The van der Waals surface area contributed by atoms with E-state index in [0.717, 1.165) is 12.8 Å². The van der Waals surface area contributed by atoms with Crippen LogP contribution < -0.4 is 9.47 Å². The molecule has 0 saturated heterocycles. The average Bonchev–Trinajstić information content (AvgIpc) is 3.01. The number of hydrogen-bond acceptors (Lipinski definition) is 4. The molecule has 31 heavy (non-hydrogen) atoms. The van der Waals surface area contributed by atoms with Crippen LogP contribution in [0.4, 0.5) is 0 Å². The van der Waals surface area contributed by atoms with Crippen molar-refractivity contribution in [3.05, 3.63) is 22.8 Å². The third-order valence-electron chi connectivity index (χ3n) is 9.40. The third kappa shape index (κ3) is 3.04. The highest BCUT2D eigenvalue weighted by Crippen LogP contribution is 2.69. The molecule has 1 heterocycles. The minimum absolute atomic E-state index is 0.0142. The number of carbonyl (C=O) groups is 1. The summed E-state index contributed by atoms with van der Waals surface area (Å²) in [5.74, 6) is 0.421. The van der Waals surface area contributed by atoms with Gasteiger partial charge in [0.15, 0.2) is 17.8 Å². The Kier molecular flexibility index (Phi) is 5.03. The van der Waals surface area contributed by atoms with Crippen molar-refractivity contribution in [1.29, 1.82) is 0 Å². The maximum Gasteiger partial charge on any atom is 0.246 e. The highest BCUT2D eigenvalue weighted by molar-refractivity contribution is 5.89. The standard InChI is InChI=1S/C27H38O4/c1-8-25(5)11-9-12-26(6)20(17(2)10-13-27(25,26)7)14-18-15-21-23(19(16-28)22(18)29)31-24(3,4)30-21/h14-17,29H,8-13H2,1-7H3/b20-14+/t17-,25-,26-,27+/m1/s1. The van der Waals surface area contributed by atoms with Gasteiger partial charge in [0.25, 0.3) is 0 Å². The number of fused-ring (bicyclic) bond motifs is 2. The summed E-state index contributed by atoms with van der Waals surface area (Å²) in [6.45, 7) is 15.7. The molecule has 1 N–H and O–H groups in total. The largest absolute Gasteiger partial charge is 0.506 e. The Bertz CT molecular complexity index is 945. The average molecular weight is 427 g/mol. The lowest BCUT2D eigenvalue weighted by Crippen LogP contribution is -2.56.